The monoisotopic (exact) mass is 273 g/mol. The molecule has 1 aliphatic carbocycles. The second kappa shape index (κ2) is 5.45. The summed E-state index contributed by atoms with van der Waals surface area (Å²) in [7, 11) is 0. The first kappa shape index (κ1) is 14.0. The van der Waals surface area contributed by atoms with Crippen LogP contribution in [0.1, 0.15) is 51.3 Å². The summed E-state index contributed by atoms with van der Waals surface area (Å²) >= 11 is 0. The molecule has 0 radical (unpaired) electrons. The first-order valence-corrected chi connectivity index (χ1v) is 7.92. The molecular weight excluding hydrogens is 246 g/mol. The van der Waals surface area contributed by atoms with E-state index in [-0.39, 0.29) is 5.54 Å². The Labute approximate surface area is 122 Å². The van der Waals surface area contributed by atoms with E-state index in [9.17, 15) is 0 Å². The van der Waals surface area contributed by atoms with Crippen LogP contribution in [-0.2, 0) is 13.1 Å². The molecule has 1 aliphatic heterocycles. The number of rotatable bonds is 4. The van der Waals surface area contributed by atoms with E-state index in [4.69, 9.17) is 0 Å². The van der Waals surface area contributed by atoms with Crippen LogP contribution in [0.4, 0.5) is 0 Å². The molecule has 2 bridgehead atoms. The minimum Gasteiger partial charge on any atom is -0.308 e. The van der Waals surface area contributed by atoms with Crippen LogP contribution in [0, 0.1) is 5.92 Å². The Balaban J connectivity index is 1.54. The molecule has 110 valence electrons. The van der Waals surface area contributed by atoms with Gasteiger partial charge in [0.25, 0.3) is 0 Å². The van der Waals surface area contributed by atoms with E-state index < -0.39 is 0 Å². The fraction of sp³-hybridized carbons (Fsp3) is 0.706. The molecule has 2 fully saturated rings. The van der Waals surface area contributed by atoms with Crippen LogP contribution >= 0.6 is 0 Å². The van der Waals surface area contributed by atoms with Crippen LogP contribution in [-0.4, -0.2) is 28.0 Å². The maximum Gasteiger partial charge on any atom is 0.0544 e. The van der Waals surface area contributed by atoms with Crippen molar-refractivity contribution in [1.82, 2.24) is 15.2 Å². The summed E-state index contributed by atoms with van der Waals surface area (Å²) in [4.78, 5) is 7.27. The molecule has 0 aromatic carbocycles. The van der Waals surface area contributed by atoms with Gasteiger partial charge in [-0.1, -0.05) is 6.07 Å². The first-order valence-electron chi connectivity index (χ1n) is 7.92. The number of piperidine rings is 1. The second-order valence-electron chi connectivity index (χ2n) is 7.52. The molecule has 3 nitrogen and oxygen atoms in total. The highest BCUT2D eigenvalue weighted by molar-refractivity contribution is 5.14. The summed E-state index contributed by atoms with van der Waals surface area (Å²) in [6.45, 7) is 9.80. The molecule has 2 unspecified atom stereocenters. The van der Waals surface area contributed by atoms with Crippen LogP contribution < -0.4 is 5.32 Å². The maximum atomic E-state index is 4.64. The van der Waals surface area contributed by atoms with Crippen molar-refractivity contribution in [3.05, 3.63) is 29.6 Å². The standard InChI is InChI=1S/C17H27N3/c1-17(2,3)19-10-14-4-6-15(18-9-14)12-20-11-13-5-7-16(20)8-13/h4,6,9,13,16,19H,5,7-8,10-12H2,1-3H3. The third-order valence-electron chi connectivity index (χ3n) is 4.60. The van der Waals surface area contributed by atoms with Crippen molar-refractivity contribution in [2.45, 2.75) is 64.7 Å². The highest BCUT2D eigenvalue weighted by atomic mass is 15.2. The predicted octanol–water partition coefficient (Wildman–Crippen LogP) is 2.95. The van der Waals surface area contributed by atoms with Crippen LogP contribution in [0.5, 0.6) is 0 Å². The van der Waals surface area contributed by atoms with Crippen molar-refractivity contribution >= 4 is 0 Å². The molecule has 0 amide bonds. The zero-order valence-electron chi connectivity index (χ0n) is 13.0. The lowest BCUT2D eigenvalue weighted by Gasteiger charge is -2.26. The van der Waals surface area contributed by atoms with E-state index in [1.165, 1.54) is 37.1 Å². The number of hydrogen-bond donors (Lipinski definition) is 1. The molecule has 20 heavy (non-hydrogen) atoms. The smallest absolute Gasteiger partial charge is 0.0544 e. The van der Waals surface area contributed by atoms with Crippen molar-refractivity contribution in [2.75, 3.05) is 6.54 Å². The second-order valence-corrected chi connectivity index (χ2v) is 7.52. The van der Waals surface area contributed by atoms with Crippen LogP contribution in [0.25, 0.3) is 0 Å². The molecule has 2 atom stereocenters. The zero-order chi connectivity index (χ0) is 14.2. The molecule has 1 saturated carbocycles. The molecular formula is C17H27N3. The average Bonchev–Trinajstić information content (AvgIpc) is 2.99. The van der Waals surface area contributed by atoms with Crippen molar-refractivity contribution in [1.29, 1.82) is 0 Å². The van der Waals surface area contributed by atoms with E-state index in [1.54, 1.807) is 0 Å². The summed E-state index contributed by atoms with van der Waals surface area (Å²) < 4.78 is 0. The molecule has 2 heterocycles. The van der Waals surface area contributed by atoms with E-state index in [1.807, 2.05) is 6.20 Å². The van der Waals surface area contributed by atoms with E-state index in [0.29, 0.717) is 0 Å². The zero-order valence-corrected chi connectivity index (χ0v) is 13.0. The Bertz CT molecular complexity index is 446. The van der Waals surface area contributed by atoms with Gasteiger partial charge < -0.3 is 5.32 Å². The molecule has 1 aromatic heterocycles. The van der Waals surface area contributed by atoms with E-state index in [0.717, 1.165) is 25.0 Å². The predicted molar refractivity (Wildman–Crippen MR) is 82.4 cm³/mol. The third kappa shape index (κ3) is 3.39. The Hall–Kier alpha value is -0.930. The largest absolute Gasteiger partial charge is 0.308 e. The number of hydrogen-bond acceptors (Lipinski definition) is 3. The van der Waals surface area contributed by atoms with Crippen molar-refractivity contribution < 1.29 is 0 Å². The average molecular weight is 273 g/mol. The van der Waals surface area contributed by atoms with Gasteiger partial charge in [-0.15, -0.1) is 0 Å². The van der Waals surface area contributed by atoms with Gasteiger partial charge in [0.1, 0.15) is 0 Å². The Kier molecular flexibility index (Phi) is 3.83. The Morgan fingerprint density at radius 2 is 2.15 bits per heavy atom. The van der Waals surface area contributed by atoms with Gasteiger partial charge in [-0.2, -0.15) is 0 Å². The minimum atomic E-state index is 0.160. The Morgan fingerprint density at radius 1 is 1.30 bits per heavy atom. The van der Waals surface area contributed by atoms with Crippen molar-refractivity contribution in [3.8, 4) is 0 Å². The number of aromatic nitrogens is 1. The van der Waals surface area contributed by atoms with Gasteiger partial charge in [-0.05, 0) is 57.6 Å². The topological polar surface area (TPSA) is 28.2 Å². The highest BCUT2D eigenvalue weighted by Crippen LogP contribution is 2.37. The number of fused-ring (bicyclic) bond motifs is 2. The minimum absolute atomic E-state index is 0.160. The van der Waals surface area contributed by atoms with Gasteiger partial charge >= 0.3 is 0 Å². The van der Waals surface area contributed by atoms with E-state index >= 15 is 0 Å². The van der Waals surface area contributed by atoms with Gasteiger partial charge in [0.15, 0.2) is 0 Å². The molecule has 3 heteroatoms. The van der Waals surface area contributed by atoms with Crippen LogP contribution in [0.2, 0.25) is 0 Å². The number of pyridine rings is 1. The third-order valence-corrected chi connectivity index (χ3v) is 4.60. The van der Waals surface area contributed by atoms with Gasteiger partial charge in [0, 0.05) is 37.4 Å². The van der Waals surface area contributed by atoms with Gasteiger partial charge in [-0.25, -0.2) is 0 Å². The number of nitrogens with zero attached hydrogens (tertiary/aromatic N) is 2. The fourth-order valence-electron chi connectivity index (χ4n) is 3.45. The first-order chi connectivity index (χ1) is 9.49. The molecule has 1 saturated heterocycles. The normalized spacial score (nSPS) is 26.4. The summed E-state index contributed by atoms with van der Waals surface area (Å²) in [6, 6.07) is 5.25. The lowest BCUT2D eigenvalue weighted by Crippen LogP contribution is -2.35. The Morgan fingerprint density at radius 3 is 2.70 bits per heavy atom. The summed E-state index contributed by atoms with van der Waals surface area (Å²) in [5, 5.41) is 3.50. The van der Waals surface area contributed by atoms with Gasteiger partial charge in [0.2, 0.25) is 0 Å². The quantitative estimate of drug-likeness (QED) is 0.914. The fourth-order valence-corrected chi connectivity index (χ4v) is 3.45. The van der Waals surface area contributed by atoms with Crippen molar-refractivity contribution in [2.24, 2.45) is 5.92 Å². The lowest BCUT2D eigenvalue weighted by molar-refractivity contribution is 0.203. The molecule has 3 rings (SSSR count). The summed E-state index contributed by atoms with van der Waals surface area (Å²) in [6.07, 6.45) is 6.31. The molecule has 1 aromatic rings. The van der Waals surface area contributed by atoms with Crippen molar-refractivity contribution in [3.63, 3.8) is 0 Å². The highest BCUT2D eigenvalue weighted by Gasteiger charge is 2.37. The maximum absolute atomic E-state index is 4.64. The van der Waals surface area contributed by atoms with Crippen LogP contribution in [0.15, 0.2) is 18.3 Å². The summed E-state index contributed by atoms with van der Waals surface area (Å²) in [5.41, 5.74) is 2.65. The summed E-state index contributed by atoms with van der Waals surface area (Å²) in [5.74, 6) is 0.968. The molecule has 2 aliphatic rings. The van der Waals surface area contributed by atoms with Gasteiger partial charge in [0.05, 0.1) is 5.69 Å². The van der Waals surface area contributed by atoms with E-state index in [2.05, 4.69) is 48.1 Å². The lowest BCUT2D eigenvalue weighted by atomic mass is 10.1. The SMILES string of the molecule is CC(C)(C)NCc1ccc(CN2CC3CCC2C3)nc1. The molecule has 1 N–H and O–H groups in total. The number of nitrogens with one attached hydrogen (secondary N) is 1. The number of likely N-dealkylation sites (tertiary alicyclic amines) is 1. The molecule has 0 spiro atoms. The van der Waals surface area contributed by atoms with Gasteiger partial charge in [-0.3, -0.25) is 9.88 Å². The van der Waals surface area contributed by atoms with Crippen LogP contribution in [0.3, 0.4) is 0 Å².